The summed E-state index contributed by atoms with van der Waals surface area (Å²) in [5, 5.41) is 11.8. The van der Waals surface area contributed by atoms with E-state index in [0.29, 0.717) is 24.8 Å². The van der Waals surface area contributed by atoms with E-state index in [1.807, 2.05) is 6.92 Å². The van der Waals surface area contributed by atoms with Crippen LogP contribution in [0.1, 0.15) is 51.9 Å². The maximum Gasteiger partial charge on any atom is 0.303 e. The Morgan fingerprint density at radius 2 is 1.67 bits per heavy atom. The number of carboxylic acid groups (broad SMARTS) is 1. The minimum absolute atomic E-state index is 0.190. The summed E-state index contributed by atoms with van der Waals surface area (Å²) in [7, 11) is 0. The Kier molecular flexibility index (Phi) is 4.23. The molecule has 2 N–H and O–H groups in total. The van der Waals surface area contributed by atoms with Gasteiger partial charge in [0.25, 0.3) is 0 Å². The van der Waals surface area contributed by atoms with Crippen LogP contribution >= 0.6 is 0 Å². The smallest absolute Gasteiger partial charge is 0.303 e. The molecular weight excluding hydrogens is 266 g/mol. The number of nitrogens with one attached hydrogen (secondary N) is 1. The lowest BCUT2D eigenvalue weighted by atomic mass is 9.51. The predicted molar refractivity (Wildman–Crippen MR) is 79.6 cm³/mol. The molecule has 1 unspecified atom stereocenters. The molecule has 0 saturated heterocycles. The van der Waals surface area contributed by atoms with Crippen LogP contribution in [0.15, 0.2) is 0 Å². The van der Waals surface area contributed by atoms with Gasteiger partial charge in [-0.05, 0) is 68.1 Å². The van der Waals surface area contributed by atoms with Gasteiger partial charge in [-0.15, -0.1) is 0 Å². The van der Waals surface area contributed by atoms with Crippen LogP contribution in [0.3, 0.4) is 0 Å². The Bertz CT molecular complexity index is 392. The monoisotopic (exact) mass is 293 g/mol. The predicted octanol–water partition coefficient (Wildman–Crippen LogP) is 2.68. The lowest BCUT2D eigenvalue weighted by Gasteiger charge is -2.53. The number of aliphatic carboxylic acids is 1. The van der Waals surface area contributed by atoms with Crippen LogP contribution in [0.2, 0.25) is 0 Å². The van der Waals surface area contributed by atoms with Gasteiger partial charge in [0, 0.05) is 18.9 Å². The first-order valence-electron chi connectivity index (χ1n) is 8.52. The Morgan fingerprint density at radius 3 is 2.19 bits per heavy atom. The molecule has 118 valence electrons. The lowest BCUT2D eigenvalue weighted by Crippen LogP contribution is -2.51. The molecule has 4 heteroatoms. The highest BCUT2D eigenvalue weighted by atomic mass is 16.4. The van der Waals surface area contributed by atoms with Crippen molar-refractivity contribution in [3.63, 3.8) is 0 Å². The Balaban J connectivity index is 1.48. The van der Waals surface area contributed by atoms with E-state index in [4.69, 9.17) is 5.11 Å². The Morgan fingerprint density at radius 1 is 1.10 bits per heavy atom. The quantitative estimate of drug-likeness (QED) is 0.791. The van der Waals surface area contributed by atoms with E-state index in [1.165, 1.54) is 32.1 Å². The first-order chi connectivity index (χ1) is 10.0. The van der Waals surface area contributed by atoms with Crippen molar-refractivity contribution >= 4 is 11.9 Å². The van der Waals surface area contributed by atoms with Crippen molar-refractivity contribution in [1.82, 2.24) is 5.32 Å². The van der Waals surface area contributed by atoms with Crippen molar-refractivity contribution < 1.29 is 14.7 Å². The van der Waals surface area contributed by atoms with Crippen molar-refractivity contribution in [3.05, 3.63) is 0 Å². The van der Waals surface area contributed by atoms with Gasteiger partial charge in [0.05, 0.1) is 0 Å². The third-order valence-corrected chi connectivity index (χ3v) is 6.01. The molecule has 4 rings (SSSR count). The molecule has 0 aromatic carbocycles. The number of amides is 1. The summed E-state index contributed by atoms with van der Waals surface area (Å²) in [6, 6.07) is 0. The molecule has 0 aromatic heterocycles. The molecule has 0 aromatic rings. The summed E-state index contributed by atoms with van der Waals surface area (Å²) in [6.45, 7) is 2.63. The average Bonchev–Trinajstić information content (AvgIpc) is 2.41. The standard InChI is InChI=1S/C17H27NO3/c1-10(2-3-15(19)20)9-18-17(21)16-13-5-11-4-12(7-13)8-14(16)6-11/h10-14,16H,2-9H2,1H3,(H,18,21)(H,19,20). The van der Waals surface area contributed by atoms with Gasteiger partial charge in [0.15, 0.2) is 0 Å². The molecule has 1 amide bonds. The topological polar surface area (TPSA) is 66.4 Å². The highest BCUT2D eigenvalue weighted by molar-refractivity contribution is 5.79. The molecule has 21 heavy (non-hydrogen) atoms. The molecular formula is C17H27NO3. The van der Waals surface area contributed by atoms with Gasteiger partial charge in [-0.3, -0.25) is 9.59 Å². The van der Waals surface area contributed by atoms with Crippen molar-refractivity contribution in [2.24, 2.45) is 35.5 Å². The van der Waals surface area contributed by atoms with Crippen molar-refractivity contribution in [2.45, 2.75) is 51.9 Å². The van der Waals surface area contributed by atoms with Crippen LogP contribution in [0.25, 0.3) is 0 Å². The third-order valence-electron chi connectivity index (χ3n) is 6.01. The summed E-state index contributed by atoms with van der Waals surface area (Å²) in [6.07, 6.45) is 7.29. The fourth-order valence-corrected chi connectivity index (χ4v) is 5.22. The molecule has 4 fully saturated rings. The van der Waals surface area contributed by atoms with Gasteiger partial charge >= 0.3 is 5.97 Å². The maximum atomic E-state index is 12.5. The van der Waals surface area contributed by atoms with Gasteiger partial charge < -0.3 is 10.4 Å². The highest BCUT2D eigenvalue weighted by Gasteiger charge is 2.50. The van der Waals surface area contributed by atoms with Crippen LogP contribution in [0.4, 0.5) is 0 Å². The normalized spacial score (nSPS) is 38.2. The second kappa shape index (κ2) is 5.98. The molecule has 4 aliphatic carbocycles. The van der Waals surface area contributed by atoms with Crippen LogP contribution in [0, 0.1) is 35.5 Å². The van der Waals surface area contributed by atoms with Crippen molar-refractivity contribution in [1.29, 1.82) is 0 Å². The maximum absolute atomic E-state index is 12.5. The zero-order valence-corrected chi connectivity index (χ0v) is 12.9. The summed E-state index contributed by atoms with van der Waals surface area (Å²) in [5.41, 5.74) is 0. The number of rotatable bonds is 6. The SMILES string of the molecule is CC(CCC(=O)O)CNC(=O)C1C2CC3CC(C2)CC1C3. The average molecular weight is 293 g/mol. The van der Waals surface area contributed by atoms with Crippen LogP contribution in [0.5, 0.6) is 0 Å². The van der Waals surface area contributed by atoms with Gasteiger partial charge in [-0.2, -0.15) is 0 Å². The molecule has 4 nitrogen and oxygen atoms in total. The second-order valence-electron chi connectivity index (χ2n) is 7.74. The minimum atomic E-state index is -0.755. The molecule has 4 aliphatic rings. The van der Waals surface area contributed by atoms with E-state index in [-0.39, 0.29) is 24.2 Å². The number of carbonyl (C=O) groups is 2. The molecule has 0 spiro atoms. The van der Waals surface area contributed by atoms with Crippen LogP contribution in [-0.2, 0) is 9.59 Å². The van der Waals surface area contributed by atoms with E-state index in [1.54, 1.807) is 0 Å². The zero-order valence-electron chi connectivity index (χ0n) is 12.9. The Labute approximate surface area is 126 Å². The van der Waals surface area contributed by atoms with Gasteiger partial charge in [0.2, 0.25) is 5.91 Å². The summed E-state index contributed by atoms with van der Waals surface area (Å²) in [4.78, 5) is 23.1. The number of carboxylic acids is 1. The molecule has 4 saturated carbocycles. The molecule has 0 radical (unpaired) electrons. The number of hydrogen-bond donors (Lipinski definition) is 2. The fourth-order valence-electron chi connectivity index (χ4n) is 5.22. The third kappa shape index (κ3) is 3.24. The Hall–Kier alpha value is -1.06. The van der Waals surface area contributed by atoms with Crippen LogP contribution in [-0.4, -0.2) is 23.5 Å². The summed E-state index contributed by atoms with van der Waals surface area (Å²) >= 11 is 0. The fraction of sp³-hybridized carbons (Fsp3) is 0.882. The van der Waals surface area contributed by atoms with Crippen molar-refractivity contribution in [2.75, 3.05) is 6.54 Å². The first kappa shape index (κ1) is 14.9. The minimum Gasteiger partial charge on any atom is -0.481 e. The van der Waals surface area contributed by atoms with E-state index in [9.17, 15) is 9.59 Å². The molecule has 1 atom stereocenters. The highest BCUT2D eigenvalue weighted by Crippen LogP contribution is 2.56. The summed E-state index contributed by atoms with van der Waals surface area (Å²) in [5.74, 6) is 3.00. The molecule has 0 heterocycles. The summed E-state index contributed by atoms with van der Waals surface area (Å²) < 4.78 is 0. The van der Waals surface area contributed by atoms with Crippen molar-refractivity contribution in [3.8, 4) is 0 Å². The lowest BCUT2D eigenvalue weighted by molar-refractivity contribution is -0.138. The van der Waals surface area contributed by atoms with Crippen LogP contribution < -0.4 is 5.32 Å². The van der Waals surface area contributed by atoms with E-state index in [2.05, 4.69) is 5.32 Å². The number of hydrogen-bond acceptors (Lipinski definition) is 2. The molecule has 0 aliphatic heterocycles. The first-order valence-corrected chi connectivity index (χ1v) is 8.52. The van der Waals surface area contributed by atoms with E-state index in [0.717, 1.165) is 11.8 Å². The largest absolute Gasteiger partial charge is 0.481 e. The van der Waals surface area contributed by atoms with Gasteiger partial charge in [-0.1, -0.05) is 6.92 Å². The van der Waals surface area contributed by atoms with E-state index >= 15 is 0 Å². The number of carbonyl (C=O) groups excluding carboxylic acids is 1. The van der Waals surface area contributed by atoms with E-state index < -0.39 is 5.97 Å². The van der Waals surface area contributed by atoms with Gasteiger partial charge in [-0.25, -0.2) is 0 Å². The second-order valence-corrected chi connectivity index (χ2v) is 7.74. The van der Waals surface area contributed by atoms with Gasteiger partial charge in [0.1, 0.15) is 0 Å². The zero-order chi connectivity index (χ0) is 15.0. The molecule has 4 bridgehead atoms.